The number of phenolic OH excluding ortho intramolecular Hbond substituents is 1. The summed E-state index contributed by atoms with van der Waals surface area (Å²) in [4.78, 5) is 18.2. The van der Waals surface area contributed by atoms with Crippen LogP contribution in [0.3, 0.4) is 0 Å². The third kappa shape index (κ3) is 4.36. The Balaban J connectivity index is 1.35. The molecule has 12 heteroatoms. The lowest BCUT2D eigenvalue weighted by Crippen LogP contribution is -2.45. The maximum Gasteiger partial charge on any atom is 0.319 e. The molecule has 0 amide bonds. The van der Waals surface area contributed by atoms with Crippen molar-refractivity contribution >= 4 is 27.5 Å². The van der Waals surface area contributed by atoms with Crippen molar-refractivity contribution < 1.29 is 27.8 Å². The first-order chi connectivity index (χ1) is 22.2. The van der Waals surface area contributed by atoms with E-state index in [1.54, 1.807) is 0 Å². The van der Waals surface area contributed by atoms with E-state index in [0.717, 1.165) is 19.4 Å². The van der Waals surface area contributed by atoms with Crippen molar-refractivity contribution in [1.82, 2.24) is 25.2 Å². The number of hydrogen-bond donors (Lipinski definition) is 2. The predicted molar refractivity (Wildman–Crippen MR) is 167 cm³/mol. The Bertz CT molecular complexity index is 1950. The minimum Gasteiger partial charge on any atom is -0.508 e. The lowest BCUT2D eigenvalue weighted by molar-refractivity contribution is 0.107. The number of ether oxygens (including phenoxy) is 2. The summed E-state index contributed by atoms with van der Waals surface area (Å²) in [5.74, 6) is 1.23. The van der Waals surface area contributed by atoms with Crippen molar-refractivity contribution in [1.29, 1.82) is 0 Å². The highest BCUT2D eigenvalue weighted by Gasteiger charge is 2.49. The molecule has 3 aliphatic heterocycles. The monoisotopic (exact) mass is 630 g/mol. The summed E-state index contributed by atoms with van der Waals surface area (Å²) in [5, 5.41) is 14.9. The second kappa shape index (κ2) is 10.6. The van der Waals surface area contributed by atoms with Crippen LogP contribution < -0.4 is 19.7 Å². The van der Waals surface area contributed by atoms with Gasteiger partial charge in [-0.1, -0.05) is 12.0 Å². The van der Waals surface area contributed by atoms with Gasteiger partial charge in [0.25, 0.3) is 0 Å². The molecule has 4 aromatic rings. The van der Waals surface area contributed by atoms with Crippen LogP contribution in [0, 0.1) is 24.0 Å². The molecule has 3 unspecified atom stereocenters. The Kier molecular flexibility index (Phi) is 6.71. The average molecular weight is 631 g/mol. The lowest BCUT2D eigenvalue weighted by atomic mass is 9.95. The number of phenols is 1. The second-order valence-electron chi connectivity index (χ2n) is 12.9. The largest absolute Gasteiger partial charge is 0.508 e. The van der Waals surface area contributed by atoms with Gasteiger partial charge in [0.2, 0.25) is 5.88 Å². The van der Waals surface area contributed by atoms with Gasteiger partial charge in [-0.05, 0) is 50.0 Å². The first-order valence-corrected chi connectivity index (χ1v) is 15.6. The van der Waals surface area contributed by atoms with Crippen LogP contribution in [0.15, 0.2) is 24.3 Å². The fourth-order valence-electron chi connectivity index (χ4n) is 8.21. The lowest BCUT2D eigenvalue weighted by Gasteiger charge is -2.33. The van der Waals surface area contributed by atoms with E-state index in [4.69, 9.17) is 20.9 Å². The van der Waals surface area contributed by atoms with E-state index in [1.165, 1.54) is 24.3 Å². The first-order valence-electron chi connectivity index (χ1n) is 15.6. The third-order valence-corrected chi connectivity index (χ3v) is 10.4. The molecule has 46 heavy (non-hydrogen) atoms. The first kappa shape index (κ1) is 29.1. The molecule has 4 aliphatic rings. The molecule has 1 saturated carbocycles. The number of fused-ring (bicyclic) bond motifs is 4. The van der Waals surface area contributed by atoms with Gasteiger partial charge in [0, 0.05) is 55.9 Å². The quantitative estimate of drug-likeness (QED) is 0.304. The topological polar surface area (TPSA) is 95.9 Å². The number of halogens is 3. The molecule has 0 spiro atoms. The molecule has 3 fully saturated rings. The summed E-state index contributed by atoms with van der Waals surface area (Å²) in [7, 11) is 3.79. The molecular formula is C34H33F3N6O3. The van der Waals surface area contributed by atoms with Crippen molar-refractivity contribution in [3.63, 3.8) is 0 Å². The highest BCUT2D eigenvalue weighted by molar-refractivity contribution is 6.04. The van der Waals surface area contributed by atoms with Crippen molar-refractivity contribution in [2.45, 2.75) is 62.0 Å². The maximum atomic E-state index is 17.0. The Labute approximate surface area is 263 Å². The summed E-state index contributed by atoms with van der Waals surface area (Å²) in [6.45, 7) is 1.33. The molecule has 5 heterocycles. The number of hydrogen-bond acceptors (Lipinski definition) is 9. The van der Waals surface area contributed by atoms with Gasteiger partial charge in [-0.3, -0.25) is 4.90 Å². The molecule has 238 valence electrons. The molecule has 2 N–H and O–H groups in total. The minimum atomic E-state index is -0.935. The zero-order chi connectivity index (χ0) is 31.9. The Morgan fingerprint density at radius 3 is 2.85 bits per heavy atom. The molecule has 9 nitrogen and oxygen atoms in total. The molecule has 8 rings (SSSR count). The molecule has 2 aromatic carbocycles. The number of alkyl halides is 1. The van der Waals surface area contributed by atoms with Crippen LogP contribution >= 0.6 is 0 Å². The second-order valence-corrected chi connectivity index (χ2v) is 12.9. The van der Waals surface area contributed by atoms with E-state index < -0.39 is 23.3 Å². The van der Waals surface area contributed by atoms with Crippen molar-refractivity contribution in [2.75, 3.05) is 38.7 Å². The van der Waals surface area contributed by atoms with E-state index in [2.05, 4.69) is 26.1 Å². The maximum absolute atomic E-state index is 17.0. The Morgan fingerprint density at radius 1 is 1.20 bits per heavy atom. The fourth-order valence-corrected chi connectivity index (χ4v) is 8.21. The van der Waals surface area contributed by atoms with Crippen LogP contribution in [0.1, 0.15) is 37.7 Å². The summed E-state index contributed by atoms with van der Waals surface area (Å²) in [6, 6.07) is 5.42. The number of anilines is 1. The number of terminal acetylenes is 1. The van der Waals surface area contributed by atoms with Gasteiger partial charge >= 0.3 is 6.01 Å². The van der Waals surface area contributed by atoms with Gasteiger partial charge in [0.05, 0.1) is 11.1 Å². The molecule has 2 bridgehead atoms. The van der Waals surface area contributed by atoms with Crippen LogP contribution in [-0.2, 0) is 0 Å². The van der Waals surface area contributed by atoms with E-state index in [0.29, 0.717) is 37.0 Å². The van der Waals surface area contributed by atoms with Crippen LogP contribution in [-0.4, -0.2) is 88.6 Å². The van der Waals surface area contributed by atoms with Gasteiger partial charge in [0.1, 0.15) is 52.9 Å². The fraction of sp³-hybridized carbons (Fsp3) is 0.441. The normalized spacial score (nSPS) is 27.0. The highest BCUT2D eigenvalue weighted by atomic mass is 19.1. The Morgan fingerprint density at radius 2 is 2.04 bits per heavy atom. The smallest absolute Gasteiger partial charge is 0.319 e. The van der Waals surface area contributed by atoms with Crippen LogP contribution in [0.25, 0.3) is 32.9 Å². The summed E-state index contributed by atoms with van der Waals surface area (Å²) in [6.07, 6.45) is 7.99. The number of rotatable bonds is 5. The average Bonchev–Trinajstić information content (AvgIpc) is 3.72. The van der Waals surface area contributed by atoms with Gasteiger partial charge < -0.3 is 24.8 Å². The number of nitrogens with zero attached hydrogens (tertiary/aromatic N) is 5. The summed E-state index contributed by atoms with van der Waals surface area (Å²) >= 11 is 0. The molecule has 2 saturated heterocycles. The van der Waals surface area contributed by atoms with Crippen molar-refractivity contribution in [2.24, 2.45) is 0 Å². The predicted octanol–water partition coefficient (Wildman–Crippen LogP) is 4.71. The molecule has 2 aromatic heterocycles. The van der Waals surface area contributed by atoms with Gasteiger partial charge in [-0.15, -0.1) is 6.42 Å². The highest BCUT2D eigenvalue weighted by Crippen LogP contribution is 2.46. The standard InChI is InChI=1S/C34H33F3N6O3/c1-4-21-23(36)7-6-17-10-19(44)11-22(26(17)21)29-28(37)30-27-31(42(3)25-13-20(12-24(25)38-2)46-32(27)39-29)41-33(40-30)45-16-34-8-5-9-43(34)15-18(35)14-34/h1,6-7,10-11,18,20,24-25,38,44H,5,8-9,12-16H2,2-3H3/t18-,20?,24?,25?,34+/m1/s1. The van der Waals surface area contributed by atoms with Crippen molar-refractivity contribution in [3.05, 3.63) is 41.5 Å². The molecular weight excluding hydrogens is 597 g/mol. The van der Waals surface area contributed by atoms with Crippen LogP contribution in [0.4, 0.5) is 19.0 Å². The third-order valence-electron chi connectivity index (χ3n) is 10.4. The number of nitrogens with one attached hydrogen (secondary N) is 1. The molecule has 1 aliphatic carbocycles. The molecule has 0 radical (unpaired) electrons. The number of aromatic hydroxyl groups is 1. The zero-order valence-corrected chi connectivity index (χ0v) is 25.5. The van der Waals surface area contributed by atoms with E-state index in [-0.39, 0.29) is 75.5 Å². The SMILES string of the molecule is C#Cc1c(F)ccc2cc(O)cc(-c3nc4c5c(nc(OC[C@@]67CCCN6C[C@H](F)C7)nc5c3F)N(C)C3CC(CC3NC)O4)c12. The number of aromatic nitrogens is 3. The van der Waals surface area contributed by atoms with Gasteiger partial charge in [-0.25, -0.2) is 18.2 Å². The number of benzene rings is 2. The number of pyridine rings is 1. The minimum absolute atomic E-state index is 0.0148. The van der Waals surface area contributed by atoms with Gasteiger partial charge in [0.15, 0.2) is 5.82 Å². The molecule has 5 atom stereocenters. The zero-order valence-electron chi connectivity index (χ0n) is 25.5. The summed E-state index contributed by atoms with van der Waals surface area (Å²) < 4.78 is 59.2. The van der Waals surface area contributed by atoms with Crippen molar-refractivity contribution in [3.8, 4) is 41.2 Å². The summed E-state index contributed by atoms with van der Waals surface area (Å²) in [5.41, 5.74) is -0.751. The van der Waals surface area contributed by atoms with E-state index in [1.807, 2.05) is 19.0 Å². The van der Waals surface area contributed by atoms with Crippen LogP contribution in [0.2, 0.25) is 0 Å². The number of likely N-dealkylation sites (N-methyl/N-ethyl adjacent to an activating group) is 2. The Hall–Kier alpha value is -4.34. The van der Waals surface area contributed by atoms with Crippen LogP contribution in [0.5, 0.6) is 17.6 Å². The van der Waals surface area contributed by atoms with E-state index in [9.17, 15) is 13.9 Å². The van der Waals surface area contributed by atoms with E-state index >= 15 is 4.39 Å². The van der Waals surface area contributed by atoms with Gasteiger partial charge in [-0.2, -0.15) is 9.97 Å².